The van der Waals surface area contributed by atoms with Gasteiger partial charge in [-0.25, -0.2) is 0 Å². The number of benzene rings is 1. The second-order valence-electron chi connectivity index (χ2n) is 4.20. The van der Waals surface area contributed by atoms with Gasteiger partial charge in [0.05, 0.1) is 17.9 Å². The number of nitrogens with zero attached hydrogens (tertiary/aromatic N) is 2. The Labute approximate surface area is 111 Å². The Morgan fingerprint density at radius 3 is 2.44 bits per heavy atom. The molecule has 4 heteroatoms. The van der Waals surface area contributed by atoms with Crippen LogP contribution in [0.5, 0.6) is 0 Å². The largest absolute Gasteiger partial charge is 0.387 e. The maximum absolute atomic E-state index is 10.4. The van der Waals surface area contributed by atoms with E-state index in [1.54, 1.807) is 0 Å². The van der Waals surface area contributed by atoms with Crippen LogP contribution in [0, 0.1) is 25.2 Å². The summed E-state index contributed by atoms with van der Waals surface area (Å²) in [5.41, 5.74) is 2.45. The normalized spacial score (nSPS) is 13.9. The zero-order valence-corrected chi connectivity index (χ0v) is 11.1. The molecule has 0 aliphatic rings. The van der Waals surface area contributed by atoms with Crippen molar-refractivity contribution in [3.8, 4) is 6.07 Å². The summed E-state index contributed by atoms with van der Waals surface area (Å²) in [4.78, 5) is 0.994. The maximum Gasteiger partial charge on any atom is 0.104 e. The fourth-order valence-electron chi connectivity index (χ4n) is 2.07. The molecule has 0 fully saturated rings. The first-order valence-electron chi connectivity index (χ1n) is 5.70. The minimum Gasteiger partial charge on any atom is -0.387 e. The van der Waals surface area contributed by atoms with Gasteiger partial charge in [0.15, 0.2) is 0 Å². The molecule has 0 aliphatic carbocycles. The number of aliphatic hydroxyl groups is 1. The van der Waals surface area contributed by atoms with Crippen LogP contribution < -0.4 is 0 Å². The summed E-state index contributed by atoms with van der Waals surface area (Å²) in [7, 11) is 0. The Morgan fingerprint density at radius 1 is 1.28 bits per heavy atom. The molecule has 1 N–H and O–H groups in total. The first-order chi connectivity index (χ1) is 8.65. The number of rotatable bonds is 3. The molecule has 0 saturated carbocycles. The van der Waals surface area contributed by atoms with E-state index < -0.39 is 12.0 Å². The topological polar surface area (TPSA) is 56.9 Å². The van der Waals surface area contributed by atoms with Gasteiger partial charge in [-0.1, -0.05) is 30.3 Å². The van der Waals surface area contributed by atoms with Gasteiger partial charge in [0.1, 0.15) is 5.92 Å². The number of aryl methyl sites for hydroxylation is 2. The number of hydrogen-bond donors (Lipinski definition) is 1. The summed E-state index contributed by atoms with van der Waals surface area (Å²) in [6, 6.07) is 11.5. The molecule has 0 spiro atoms. The lowest BCUT2D eigenvalue weighted by atomic mass is 9.89. The summed E-state index contributed by atoms with van der Waals surface area (Å²) in [6.45, 7) is 3.81. The van der Waals surface area contributed by atoms with Gasteiger partial charge in [-0.05, 0) is 30.9 Å². The average Bonchev–Trinajstić information content (AvgIpc) is 2.72. The predicted molar refractivity (Wildman–Crippen MR) is 71.3 cm³/mol. The molecule has 92 valence electrons. The molecule has 0 saturated heterocycles. The van der Waals surface area contributed by atoms with Crippen LogP contribution in [-0.4, -0.2) is 9.48 Å². The van der Waals surface area contributed by atoms with E-state index in [0.717, 1.165) is 21.7 Å². The van der Waals surface area contributed by atoms with Gasteiger partial charge in [-0.3, -0.25) is 0 Å². The summed E-state index contributed by atoms with van der Waals surface area (Å²) >= 11 is 1.38. The lowest BCUT2D eigenvalue weighted by Gasteiger charge is -2.17. The predicted octanol–water partition coefficient (Wildman–Crippen LogP) is 3.10. The highest BCUT2D eigenvalue weighted by Gasteiger charge is 2.27. The van der Waals surface area contributed by atoms with Crippen molar-refractivity contribution < 1.29 is 5.11 Å². The zero-order valence-electron chi connectivity index (χ0n) is 10.3. The molecule has 0 aliphatic heterocycles. The van der Waals surface area contributed by atoms with Crippen LogP contribution in [0.1, 0.15) is 33.7 Å². The van der Waals surface area contributed by atoms with Crippen LogP contribution in [0.2, 0.25) is 0 Å². The van der Waals surface area contributed by atoms with Crippen molar-refractivity contribution in [3.05, 3.63) is 52.0 Å². The highest BCUT2D eigenvalue weighted by atomic mass is 32.1. The lowest BCUT2D eigenvalue weighted by Crippen LogP contribution is -2.10. The third-order valence-corrected chi connectivity index (χ3v) is 3.85. The zero-order chi connectivity index (χ0) is 13.1. The molecule has 18 heavy (non-hydrogen) atoms. The van der Waals surface area contributed by atoms with E-state index in [-0.39, 0.29) is 0 Å². The van der Waals surface area contributed by atoms with Crippen molar-refractivity contribution in [3.63, 3.8) is 0 Å². The highest BCUT2D eigenvalue weighted by molar-refractivity contribution is 7.05. The van der Waals surface area contributed by atoms with Gasteiger partial charge in [-0.2, -0.15) is 9.64 Å². The third kappa shape index (κ3) is 2.28. The first kappa shape index (κ1) is 12.7. The SMILES string of the molecule is Cc1nsc(C)c1C(C#N)C(O)c1ccccc1. The van der Waals surface area contributed by atoms with Gasteiger partial charge in [0, 0.05) is 10.4 Å². The quantitative estimate of drug-likeness (QED) is 0.920. The molecule has 2 aromatic rings. The molecule has 0 amide bonds. The average molecular weight is 258 g/mol. The van der Waals surface area contributed by atoms with E-state index in [4.69, 9.17) is 0 Å². The summed E-state index contributed by atoms with van der Waals surface area (Å²) < 4.78 is 4.24. The number of aliphatic hydroxyl groups excluding tert-OH is 1. The fourth-order valence-corrected chi connectivity index (χ4v) is 2.81. The first-order valence-corrected chi connectivity index (χ1v) is 6.48. The van der Waals surface area contributed by atoms with Crippen molar-refractivity contribution in [1.29, 1.82) is 5.26 Å². The third-order valence-electron chi connectivity index (χ3n) is 3.00. The Hall–Kier alpha value is -1.70. The Morgan fingerprint density at radius 2 is 1.94 bits per heavy atom. The molecular weight excluding hydrogens is 244 g/mol. The van der Waals surface area contributed by atoms with Gasteiger partial charge >= 0.3 is 0 Å². The van der Waals surface area contributed by atoms with Crippen LogP contribution >= 0.6 is 11.5 Å². The van der Waals surface area contributed by atoms with Gasteiger partial charge in [0.25, 0.3) is 0 Å². The number of aromatic nitrogens is 1. The molecule has 0 radical (unpaired) electrons. The smallest absolute Gasteiger partial charge is 0.104 e. The van der Waals surface area contributed by atoms with E-state index in [2.05, 4.69) is 10.4 Å². The summed E-state index contributed by atoms with van der Waals surface area (Å²) in [6.07, 6.45) is -0.815. The summed E-state index contributed by atoms with van der Waals surface area (Å²) in [5, 5.41) is 19.7. The second kappa shape index (κ2) is 5.30. The molecule has 3 nitrogen and oxygen atoms in total. The van der Waals surface area contributed by atoms with Crippen LogP contribution in [0.3, 0.4) is 0 Å². The molecule has 1 aromatic carbocycles. The van der Waals surface area contributed by atoms with Gasteiger partial charge in [-0.15, -0.1) is 0 Å². The van der Waals surface area contributed by atoms with Crippen LogP contribution in [0.15, 0.2) is 30.3 Å². The maximum atomic E-state index is 10.4. The molecule has 2 rings (SSSR count). The summed E-state index contributed by atoms with van der Waals surface area (Å²) in [5.74, 6) is -0.564. The minimum absolute atomic E-state index is 0.564. The van der Waals surface area contributed by atoms with Gasteiger partial charge in [0.2, 0.25) is 0 Å². The molecular formula is C14H14N2OS. The Bertz CT molecular complexity index is 552. The second-order valence-corrected chi connectivity index (χ2v) is 5.18. The van der Waals surface area contributed by atoms with E-state index >= 15 is 0 Å². The molecule has 2 unspecified atom stereocenters. The van der Waals surface area contributed by atoms with E-state index in [1.165, 1.54) is 11.5 Å². The highest BCUT2D eigenvalue weighted by Crippen LogP contribution is 2.35. The molecule has 2 atom stereocenters. The van der Waals surface area contributed by atoms with Crippen LogP contribution in [0.25, 0.3) is 0 Å². The molecule has 0 bridgehead atoms. The Kier molecular flexibility index (Phi) is 3.75. The molecule has 1 aromatic heterocycles. The number of hydrogen-bond acceptors (Lipinski definition) is 4. The fraction of sp³-hybridized carbons (Fsp3) is 0.286. The molecule has 1 heterocycles. The van der Waals surface area contributed by atoms with Crippen LogP contribution in [0.4, 0.5) is 0 Å². The van der Waals surface area contributed by atoms with Crippen molar-refractivity contribution in [2.24, 2.45) is 0 Å². The van der Waals surface area contributed by atoms with E-state index in [1.807, 2.05) is 44.2 Å². The van der Waals surface area contributed by atoms with Crippen LogP contribution in [-0.2, 0) is 0 Å². The Balaban J connectivity index is 2.39. The van der Waals surface area contributed by atoms with Crippen molar-refractivity contribution in [1.82, 2.24) is 4.37 Å². The van der Waals surface area contributed by atoms with Crippen molar-refractivity contribution in [2.75, 3.05) is 0 Å². The number of nitriles is 1. The lowest BCUT2D eigenvalue weighted by molar-refractivity contribution is 0.164. The minimum atomic E-state index is -0.815. The van der Waals surface area contributed by atoms with E-state index in [0.29, 0.717) is 0 Å². The van der Waals surface area contributed by atoms with Crippen molar-refractivity contribution >= 4 is 11.5 Å². The van der Waals surface area contributed by atoms with Gasteiger partial charge < -0.3 is 5.11 Å². The van der Waals surface area contributed by atoms with E-state index in [9.17, 15) is 10.4 Å². The standard InChI is InChI=1S/C14H14N2OS/c1-9-13(10(2)18-16-9)12(8-15)14(17)11-6-4-3-5-7-11/h3-7,12,14,17H,1-2H3. The monoisotopic (exact) mass is 258 g/mol. The van der Waals surface area contributed by atoms with Crippen molar-refractivity contribution in [2.45, 2.75) is 25.9 Å².